The average Bonchev–Trinajstić information content (AvgIpc) is 2.92. The maximum atomic E-state index is 12.8. The van der Waals surface area contributed by atoms with Crippen molar-refractivity contribution in [1.29, 1.82) is 0 Å². The molecule has 0 N–H and O–H groups in total. The van der Waals surface area contributed by atoms with Crippen LogP contribution >= 0.6 is 11.6 Å². The van der Waals surface area contributed by atoms with Crippen molar-refractivity contribution in [3.63, 3.8) is 0 Å². The fourth-order valence-electron chi connectivity index (χ4n) is 3.94. The van der Waals surface area contributed by atoms with Crippen LogP contribution in [-0.2, 0) is 19.1 Å². The highest BCUT2D eigenvalue weighted by Crippen LogP contribution is 2.28. The summed E-state index contributed by atoms with van der Waals surface area (Å²) in [7, 11) is 0. The minimum absolute atomic E-state index is 0.106. The lowest BCUT2D eigenvalue weighted by atomic mass is 9.98. The molecule has 1 amide bonds. The molecule has 0 bridgehead atoms. The average molecular weight is 424 g/mol. The van der Waals surface area contributed by atoms with E-state index in [0.29, 0.717) is 24.4 Å². The van der Waals surface area contributed by atoms with E-state index in [1.165, 1.54) is 0 Å². The van der Waals surface area contributed by atoms with Crippen molar-refractivity contribution in [3.8, 4) is 0 Å². The van der Waals surface area contributed by atoms with Crippen molar-refractivity contribution in [1.82, 2.24) is 9.88 Å². The molecular weight excluding hydrogens is 394 g/mol. The molecule has 2 saturated heterocycles. The fourth-order valence-corrected chi connectivity index (χ4v) is 4.06. The molecular formula is C21H30ClN3O4. The third kappa shape index (κ3) is 5.60. The summed E-state index contributed by atoms with van der Waals surface area (Å²) in [6, 6.07) is 3.85. The molecule has 1 aromatic rings. The summed E-state index contributed by atoms with van der Waals surface area (Å²) in [4.78, 5) is 33.2. The van der Waals surface area contributed by atoms with Gasteiger partial charge in [-0.3, -0.25) is 4.79 Å². The second-order valence-corrected chi connectivity index (χ2v) is 8.97. The number of piperazine rings is 1. The fraction of sp³-hybridized carbons (Fsp3) is 0.667. The van der Waals surface area contributed by atoms with E-state index < -0.39 is 11.9 Å². The Morgan fingerprint density at radius 1 is 1.38 bits per heavy atom. The SMILES string of the molecule is CC(CC[C@H]1OC(C)(C)OC1=O)CC(=O)N1CCN(c2ccc(Cl)cn2)C[C@H]1C. The summed E-state index contributed by atoms with van der Waals surface area (Å²) in [5, 5.41) is 0.615. The highest BCUT2D eigenvalue weighted by molar-refractivity contribution is 6.30. The van der Waals surface area contributed by atoms with Crippen LogP contribution in [0.25, 0.3) is 0 Å². The maximum Gasteiger partial charge on any atom is 0.337 e. The number of ether oxygens (including phenoxy) is 2. The monoisotopic (exact) mass is 423 g/mol. The Kier molecular flexibility index (Phi) is 6.69. The van der Waals surface area contributed by atoms with Crippen LogP contribution in [0.1, 0.15) is 47.0 Å². The Morgan fingerprint density at radius 3 is 2.72 bits per heavy atom. The van der Waals surface area contributed by atoms with Crippen LogP contribution in [0.3, 0.4) is 0 Å². The third-order valence-corrected chi connectivity index (χ3v) is 5.69. The number of cyclic esters (lactones) is 1. The van der Waals surface area contributed by atoms with E-state index >= 15 is 0 Å². The first kappa shape index (κ1) is 21.8. The third-order valence-electron chi connectivity index (χ3n) is 5.46. The molecule has 0 aliphatic carbocycles. The normalized spacial score (nSPS) is 25.1. The highest BCUT2D eigenvalue weighted by atomic mass is 35.5. The number of nitrogens with zero attached hydrogens (tertiary/aromatic N) is 3. The van der Waals surface area contributed by atoms with Crippen LogP contribution < -0.4 is 4.90 Å². The summed E-state index contributed by atoms with van der Waals surface area (Å²) in [6.45, 7) is 9.73. The molecule has 3 heterocycles. The zero-order valence-electron chi connectivity index (χ0n) is 17.6. The summed E-state index contributed by atoms with van der Waals surface area (Å²) in [5.74, 6) is 0.0476. The van der Waals surface area contributed by atoms with Gasteiger partial charge in [0.2, 0.25) is 11.7 Å². The van der Waals surface area contributed by atoms with Gasteiger partial charge in [0.05, 0.1) is 5.02 Å². The van der Waals surface area contributed by atoms with Crippen molar-refractivity contribution in [2.45, 2.75) is 64.9 Å². The lowest BCUT2D eigenvalue weighted by Crippen LogP contribution is -2.54. The number of halogens is 1. The number of rotatable bonds is 6. The van der Waals surface area contributed by atoms with E-state index in [9.17, 15) is 9.59 Å². The zero-order chi connectivity index (χ0) is 21.2. The summed E-state index contributed by atoms with van der Waals surface area (Å²) in [6.07, 6.45) is 2.89. The lowest BCUT2D eigenvalue weighted by Gasteiger charge is -2.40. The van der Waals surface area contributed by atoms with Gasteiger partial charge in [-0.15, -0.1) is 0 Å². The number of hydrogen-bond acceptors (Lipinski definition) is 6. The van der Waals surface area contributed by atoms with Gasteiger partial charge in [0.1, 0.15) is 5.82 Å². The molecule has 29 heavy (non-hydrogen) atoms. The standard InChI is InChI=1S/C21H30ClN3O4/c1-14(5-7-17-20(27)29-21(3,4)28-17)11-19(26)25-10-9-24(13-15(25)2)18-8-6-16(22)12-23-18/h6,8,12,14-15,17H,5,7,9-11,13H2,1-4H3/t14?,15-,17-/m1/s1. The predicted molar refractivity (Wildman–Crippen MR) is 111 cm³/mol. The largest absolute Gasteiger partial charge is 0.432 e. The van der Waals surface area contributed by atoms with Crippen LogP contribution in [-0.4, -0.2) is 59.3 Å². The van der Waals surface area contributed by atoms with Crippen LogP contribution in [0.15, 0.2) is 18.3 Å². The molecule has 2 fully saturated rings. The number of pyridine rings is 1. The molecule has 1 unspecified atom stereocenters. The van der Waals surface area contributed by atoms with Crippen LogP contribution in [0.2, 0.25) is 5.02 Å². The molecule has 0 saturated carbocycles. The Morgan fingerprint density at radius 2 is 2.14 bits per heavy atom. The van der Waals surface area contributed by atoms with E-state index in [0.717, 1.165) is 25.3 Å². The Balaban J connectivity index is 1.45. The van der Waals surface area contributed by atoms with Gasteiger partial charge in [0.15, 0.2) is 6.10 Å². The number of aromatic nitrogens is 1. The number of esters is 1. The van der Waals surface area contributed by atoms with Gasteiger partial charge >= 0.3 is 5.97 Å². The number of carbonyl (C=O) groups excluding carboxylic acids is 2. The van der Waals surface area contributed by atoms with Gasteiger partial charge in [-0.1, -0.05) is 18.5 Å². The van der Waals surface area contributed by atoms with Crippen LogP contribution in [0, 0.1) is 5.92 Å². The van der Waals surface area contributed by atoms with E-state index in [2.05, 4.69) is 16.8 Å². The second-order valence-electron chi connectivity index (χ2n) is 8.53. The second kappa shape index (κ2) is 8.88. The summed E-state index contributed by atoms with van der Waals surface area (Å²) >= 11 is 5.91. The van der Waals surface area contributed by atoms with Gasteiger partial charge in [0, 0.05) is 52.1 Å². The Bertz CT molecular complexity index is 740. The smallest absolute Gasteiger partial charge is 0.337 e. The maximum absolute atomic E-state index is 12.8. The summed E-state index contributed by atoms with van der Waals surface area (Å²) < 4.78 is 10.8. The van der Waals surface area contributed by atoms with Crippen molar-refractivity contribution in [2.75, 3.05) is 24.5 Å². The van der Waals surface area contributed by atoms with Crippen molar-refractivity contribution < 1.29 is 19.1 Å². The topological polar surface area (TPSA) is 72.0 Å². The van der Waals surface area contributed by atoms with Gasteiger partial charge in [-0.05, 0) is 37.8 Å². The Labute approximate surface area is 177 Å². The Hall–Kier alpha value is -1.86. The molecule has 0 aromatic carbocycles. The van der Waals surface area contributed by atoms with Crippen molar-refractivity contribution >= 4 is 29.3 Å². The zero-order valence-corrected chi connectivity index (χ0v) is 18.3. The molecule has 0 radical (unpaired) electrons. The predicted octanol–water partition coefficient (Wildman–Crippen LogP) is 3.26. The highest BCUT2D eigenvalue weighted by Gasteiger charge is 2.40. The number of amides is 1. The molecule has 2 aliphatic heterocycles. The quantitative estimate of drug-likeness (QED) is 0.654. The first-order valence-corrected chi connectivity index (χ1v) is 10.6. The molecule has 7 nitrogen and oxygen atoms in total. The van der Waals surface area contributed by atoms with E-state index in [4.69, 9.17) is 21.1 Å². The summed E-state index contributed by atoms with van der Waals surface area (Å²) in [5.41, 5.74) is 0. The number of anilines is 1. The molecule has 3 rings (SSSR count). The van der Waals surface area contributed by atoms with Crippen molar-refractivity contribution in [2.24, 2.45) is 5.92 Å². The van der Waals surface area contributed by atoms with Crippen molar-refractivity contribution in [3.05, 3.63) is 23.4 Å². The van der Waals surface area contributed by atoms with Crippen LogP contribution in [0.4, 0.5) is 5.82 Å². The number of hydrogen-bond donors (Lipinski definition) is 0. The molecule has 0 spiro atoms. The van der Waals surface area contributed by atoms with Gasteiger partial charge < -0.3 is 19.3 Å². The van der Waals surface area contributed by atoms with E-state index in [1.807, 2.05) is 24.0 Å². The number of carbonyl (C=O) groups is 2. The van der Waals surface area contributed by atoms with Gasteiger partial charge in [0.25, 0.3) is 0 Å². The van der Waals surface area contributed by atoms with E-state index in [-0.39, 0.29) is 23.8 Å². The molecule has 3 atom stereocenters. The molecule has 160 valence electrons. The van der Waals surface area contributed by atoms with Gasteiger partial charge in [-0.2, -0.15) is 0 Å². The molecule has 8 heteroatoms. The first-order chi connectivity index (χ1) is 13.6. The molecule has 2 aliphatic rings. The van der Waals surface area contributed by atoms with Gasteiger partial charge in [-0.25, -0.2) is 9.78 Å². The first-order valence-electron chi connectivity index (χ1n) is 10.2. The minimum Gasteiger partial charge on any atom is -0.432 e. The van der Waals surface area contributed by atoms with Crippen LogP contribution in [0.5, 0.6) is 0 Å². The lowest BCUT2D eigenvalue weighted by molar-refractivity contribution is -0.161. The minimum atomic E-state index is -0.852. The molecule has 1 aromatic heterocycles. The van der Waals surface area contributed by atoms with E-state index in [1.54, 1.807) is 20.0 Å².